The Hall–Kier alpha value is -5.65. The van der Waals surface area contributed by atoms with Gasteiger partial charge in [-0.05, 0) is 91.4 Å². The number of carbonyl (C=O) groups excluding carboxylic acids is 3. The van der Waals surface area contributed by atoms with Gasteiger partial charge in [0, 0.05) is 54.4 Å². The number of halogens is 4. The van der Waals surface area contributed by atoms with Crippen molar-refractivity contribution in [2.24, 2.45) is 0 Å². The first-order chi connectivity index (χ1) is 27.5. The van der Waals surface area contributed by atoms with Gasteiger partial charge in [0.15, 0.2) is 0 Å². The molecule has 2 aliphatic heterocycles. The van der Waals surface area contributed by atoms with Gasteiger partial charge in [0.2, 0.25) is 5.91 Å². The molecular formula is C45H45ClF3N5O3. The van der Waals surface area contributed by atoms with Crippen LogP contribution < -0.4 is 21.3 Å². The summed E-state index contributed by atoms with van der Waals surface area (Å²) in [5, 5.41) is 12.4. The molecule has 0 aliphatic carbocycles. The van der Waals surface area contributed by atoms with Crippen molar-refractivity contribution >= 4 is 40.7 Å². The van der Waals surface area contributed by atoms with E-state index in [1.807, 2.05) is 60.7 Å². The SMILES string of the molecule is CNC(=O)c1ccccc1.O=C(N[C@@H](Cc1ccccc1)C(=O)NC1C[C@H]2CC[C@@H](C1)N2Cc1ccc(Cl)cc1)c1ccccc1Nc1cccc(C(F)(F)F)c1. The van der Waals surface area contributed by atoms with E-state index in [2.05, 4.69) is 38.3 Å². The number of anilines is 2. The highest BCUT2D eigenvalue weighted by molar-refractivity contribution is 6.30. The third-order valence-corrected chi connectivity index (χ3v) is 10.6. The van der Waals surface area contributed by atoms with Gasteiger partial charge in [-0.15, -0.1) is 0 Å². The van der Waals surface area contributed by atoms with Gasteiger partial charge < -0.3 is 21.3 Å². The molecule has 2 fully saturated rings. The smallest absolute Gasteiger partial charge is 0.355 e. The molecule has 0 saturated carbocycles. The Morgan fingerprint density at radius 3 is 2.04 bits per heavy atom. The highest BCUT2D eigenvalue weighted by Gasteiger charge is 2.41. The molecule has 5 aromatic rings. The minimum Gasteiger partial charge on any atom is -0.355 e. The van der Waals surface area contributed by atoms with Crippen molar-refractivity contribution in [1.29, 1.82) is 0 Å². The van der Waals surface area contributed by atoms with E-state index in [0.717, 1.165) is 49.9 Å². The fraction of sp³-hybridized carbons (Fsp3) is 0.267. The third-order valence-electron chi connectivity index (χ3n) is 10.3. The number of fused-ring (bicyclic) bond motifs is 2. The lowest BCUT2D eigenvalue weighted by Crippen LogP contribution is -2.55. The molecule has 4 atom stereocenters. The Labute approximate surface area is 335 Å². The van der Waals surface area contributed by atoms with E-state index in [9.17, 15) is 27.6 Å². The Bertz CT molecular complexity index is 2100. The third kappa shape index (κ3) is 11.2. The molecule has 296 valence electrons. The number of piperidine rings is 1. The number of alkyl halides is 3. The average Bonchev–Trinajstić information content (AvgIpc) is 3.44. The van der Waals surface area contributed by atoms with Crippen LogP contribution in [0.5, 0.6) is 0 Å². The molecule has 4 N–H and O–H groups in total. The number of nitrogens with one attached hydrogen (secondary N) is 4. The molecule has 0 spiro atoms. The van der Waals surface area contributed by atoms with Crippen LogP contribution in [0.15, 0.2) is 133 Å². The standard InChI is InChI=1S/C37H36ClF3N4O2.C8H9NO/c38-27-15-13-25(14-16-27)23-45-30-17-18-31(45)22-29(21-30)43-36(47)34(19-24-7-2-1-3-8-24)44-35(46)32-11-4-5-12-33(32)42-28-10-6-9-26(20-28)37(39,40)41;1-9-8(10)7-5-3-2-4-6-7/h1-16,20,29-31,34,42H,17-19,21-23H2,(H,43,47)(H,44,46);2-6H,1H3,(H,9,10)/t29?,30-,31+,34-;/m0./s1. The van der Waals surface area contributed by atoms with E-state index < -0.39 is 23.7 Å². The van der Waals surface area contributed by atoms with Gasteiger partial charge in [0.25, 0.3) is 11.8 Å². The number of nitrogens with zero attached hydrogens (tertiary/aromatic N) is 1. The van der Waals surface area contributed by atoms with Crippen molar-refractivity contribution in [1.82, 2.24) is 20.9 Å². The highest BCUT2D eigenvalue weighted by atomic mass is 35.5. The van der Waals surface area contributed by atoms with Gasteiger partial charge >= 0.3 is 6.18 Å². The lowest BCUT2D eigenvalue weighted by molar-refractivity contribution is -0.137. The van der Waals surface area contributed by atoms with Crippen molar-refractivity contribution in [3.63, 3.8) is 0 Å². The first kappa shape index (κ1) is 41.0. The Morgan fingerprint density at radius 1 is 0.754 bits per heavy atom. The van der Waals surface area contributed by atoms with Crippen LogP contribution in [0.1, 0.15) is 63.1 Å². The first-order valence-electron chi connectivity index (χ1n) is 18.9. The van der Waals surface area contributed by atoms with Gasteiger partial charge in [-0.25, -0.2) is 0 Å². The fourth-order valence-electron chi connectivity index (χ4n) is 7.50. The van der Waals surface area contributed by atoms with Crippen molar-refractivity contribution in [2.75, 3.05) is 12.4 Å². The van der Waals surface area contributed by atoms with Crippen LogP contribution in [0.3, 0.4) is 0 Å². The molecule has 12 heteroatoms. The van der Waals surface area contributed by atoms with Gasteiger partial charge in [-0.1, -0.05) is 90.5 Å². The van der Waals surface area contributed by atoms with Crippen LogP contribution in [-0.2, 0) is 23.9 Å². The molecule has 2 bridgehead atoms. The maximum absolute atomic E-state index is 13.9. The van der Waals surface area contributed by atoms with Gasteiger partial charge in [0.05, 0.1) is 16.8 Å². The summed E-state index contributed by atoms with van der Waals surface area (Å²) in [6, 6.07) is 37.7. The summed E-state index contributed by atoms with van der Waals surface area (Å²) in [4.78, 5) is 41.0. The summed E-state index contributed by atoms with van der Waals surface area (Å²) >= 11 is 6.08. The zero-order chi connectivity index (χ0) is 40.4. The van der Waals surface area contributed by atoms with Crippen LogP contribution in [0.4, 0.5) is 24.5 Å². The Balaban J connectivity index is 0.000000479. The van der Waals surface area contributed by atoms with E-state index in [1.165, 1.54) is 17.7 Å². The van der Waals surface area contributed by atoms with Crippen molar-refractivity contribution in [3.8, 4) is 0 Å². The summed E-state index contributed by atoms with van der Waals surface area (Å²) in [5.74, 6) is -0.810. The van der Waals surface area contributed by atoms with E-state index in [0.29, 0.717) is 28.4 Å². The summed E-state index contributed by atoms with van der Waals surface area (Å²) in [6.07, 6.45) is -0.421. The number of rotatable bonds is 11. The predicted molar refractivity (Wildman–Crippen MR) is 217 cm³/mol. The fourth-order valence-corrected chi connectivity index (χ4v) is 7.63. The normalized spacial score (nSPS) is 18.0. The number of benzene rings is 5. The van der Waals surface area contributed by atoms with E-state index >= 15 is 0 Å². The Morgan fingerprint density at radius 2 is 1.39 bits per heavy atom. The van der Waals surface area contributed by atoms with Crippen LogP contribution in [0.2, 0.25) is 5.02 Å². The van der Waals surface area contributed by atoms with E-state index in [1.54, 1.807) is 43.4 Å². The lowest BCUT2D eigenvalue weighted by Gasteiger charge is -2.39. The molecule has 1 unspecified atom stereocenters. The summed E-state index contributed by atoms with van der Waals surface area (Å²) in [6.45, 7) is 0.841. The summed E-state index contributed by atoms with van der Waals surface area (Å²) in [5.41, 5.74) is 2.73. The second-order valence-corrected chi connectivity index (χ2v) is 14.7. The Kier molecular flexibility index (Phi) is 13.7. The van der Waals surface area contributed by atoms with Crippen LogP contribution in [0, 0.1) is 0 Å². The lowest BCUT2D eigenvalue weighted by atomic mass is 9.95. The molecular weight excluding hydrogens is 751 g/mol. The first-order valence-corrected chi connectivity index (χ1v) is 19.3. The highest BCUT2D eigenvalue weighted by Crippen LogP contribution is 2.37. The second kappa shape index (κ2) is 19.0. The van der Waals surface area contributed by atoms with Crippen molar-refractivity contribution < 1.29 is 27.6 Å². The topological polar surface area (TPSA) is 103 Å². The maximum Gasteiger partial charge on any atom is 0.416 e. The number of hydrogen-bond donors (Lipinski definition) is 4. The average molecular weight is 796 g/mol. The van der Waals surface area contributed by atoms with Crippen molar-refractivity contribution in [3.05, 3.63) is 166 Å². The molecule has 5 aromatic carbocycles. The molecule has 7 rings (SSSR count). The molecule has 8 nitrogen and oxygen atoms in total. The second-order valence-electron chi connectivity index (χ2n) is 14.3. The summed E-state index contributed by atoms with van der Waals surface area (Å²) in [7, 11) is 1.62. The molecule has 0 radical (unpaired) electrons. The van der Waals surface area contributed by atoms with Gasteiger partial charge in [-0.2, -0.15) is 13.2 Å². The molecule has 2 saturated heterocycles. The van der Waals surface area contributed by atoms with Crippen LogP contribution >= 0.6 is 11.6 Å². The van der Waals surface area contributed by atoms with E-state index in [-0.39, 0.29) is 35.5 Å². The maximum atomic E-state index is 13.9. The predicted octanol–water partition coefficient (Wildman–Crippen LogP) is 8.80. The minimum atomic E-state index is -4.50. The number of carbonyl (C=O) groups is 3. The van der Waals surface area contributed by atoms with Crippen LogP contribution in [0.25, 0.3) is 0 Å². The minimum absolute atomic E-state index is 0.0218. The van der Waals surface area contributed by atoms with E-state index in [4.69, 9.17) is 11.6 Å². The number of hydrogen-bond acceptors (Lipinski definition) is 5. The molecule has 2 heterocycles. The van der Waals surface area contributed by atoms with Crippen LogP contribution in [-0.4, -0.2) is 53.8 Å². The number of para-hydroxylation sites is 1. The molecule has 0 aromatic heterocycles. The zero-order valence-corrected chi connectivity index (χ0v) is 32.2. The molecule has 57 heavy (non-hydrogen) atoms. The van der Waals surface area contributed by atoms with Gasteiger partial charge in [0.1, 0.15) is 6.04 Å². The zero-order valence-electron chi connectivity index (χ0n) is 31.4. The largest absolute Gasteiger partial charge is 0.416 e. The summed E-state index contributed by atoms with van der Waals surface area (Å²) < 4.78 is 39.9. The monoisotopic (exact) mass is 795 g/mol. The molecule has 2 aliphatic rings. The quantitative estimate of drug-likeness (QED) is 0.107. The number of amides is 3. The molecule has 3 amide bonds. The van der Waals surface area contributed by atoms with Gasteiger partial charge in [-0.3, -0.25) is 19.3 Å². The van der Waals surface area contributed by atoms with Crippen molar-refractivity contribution in [2.45, 2.75) is 69.0 Å².